The summed E-state index contributed by atoms with van der Waals surface area (Å²) in [6, 6.07) is 0. The molecule has 0 saturated carbocycles. The van der Waals surface area contributed by atoms with Gasteiger partial charge in [0, 0.05) is 11.4 Å². The third-order valence-electron chi connectivity index (χ3n) is 1.61. The second kappa shape index (κ2) is 5.43. The molecule has 0 saturated heterocycles. The summed E-state index contributed by atoms with van der Waals surface area (Å²) in [5, 5.41) is 19.5. The number of thioether (sulfide) groups is 1. The van der Waals surface area contributed by atoms with E-state index in [0.717, 1.165) is 0 Å². The van der Waals surface area contributed by atoms with Crippen LogP contribution in [-0.2, 0) is 0 Å². The number of rotatable bonds is 4. The highest BCUT2D eigenvalue weighted by Gasteiger charge is 2.19. The lowest BCUT2D eigenvalue weighted by atomic mass is 10.4. The molecule has 1 unspecified atom stereocenters. The highest BCUT2D eigenvalue weighted by molar-refractivity contribution is 9.10. The molecule has 0 aliphatic rings. The Kier molecular flexibility index (Phi) is 4.49. The zero-order valence-electron chi connectivity index (χ0n) is 7.88. The van der Waals surface area contributed by atoms with Crippen molar-refractivity contribution in [2.24, 2.45) is 0 Å². The molecule has 1 heterocycles. The van der Waals surface area contributed by atoms with Crippen LogP contribution in [0.5, 0.6) is 0 Å². The maximum Gasteiger partial charge on any atom is 0.302 e. The molecule has 5 nitrogen and oxygen atoms in total. The highest BCUT2D eigenvalue weighted by atomic mass is 79.9. The molecule has 1 aromatic heterocycles. The molecule has 15 heavy (non-hydrogen) atoms. The van der Waals surface area contributed by atoms with Gasteiger partial charge in [0.25, 0.3) is 0 Å². The minimum absolute atomic E-state index is 0.0312. The highest BCUT2D eigenvalue weighted by Crippen LogP contribution is 2.36. The van der Waals surface area contributed by atoms with Gasteiger partial charge >= 0.3 is 5.69 Å². The summed E-state index contributed by atoms with van der Waals surface area (Å²) in [6.07, 6.45) is 2.70. The molecule has 1 N–H and O–H groups in total. The number of hydrogen-bond donors (Lipinski definition) is 1. The molecule has 7 heteroatoms. The predicted octanol–water partition coefficient (Wildman–Crippen LogP) is 2.23. The number of aliphatic hydroxyl groups excluding tert-OH is 1. The maximum absolute atomic E-state index is 10.7. The molecular weight excluding hydrogens is 284 g/mol. The summed E-state index contributed by atoms with van der Waals surface area (Å²) >= 11 is 4.45. The number of aliphatic hydroxyl groups is 1. The fraction of sp³-hybridized carbons (Fsp3) is 0.375. The lowest BCUT2D eigenvalue weighted by Crippen LogP contribution is -2.03. The number of nitro groups is 1. The van der Waals surface area contributed by atoms with E-state index < -0.39 is 4.92 Å². The van der Waals surface area contributed by atoms with Gasteiger partial charge < -0.3 is 5.11 Å². The van der Waals surface area contributed by atoms with Crippen molar-refractivity contribution in [3.63, 3.8) is 0 Å². The number of aromatic nitrogens is 1. The first-order chi connectivity index (χ1) is 7.06. The number of pyridine rings is 1. The molecule has 0 aromatic carbocycles. The van der Waals surface area contributed by atoms with Gasteiger partial charge in [0.2, 0.25) is 0 Å². The predicted molar refractivity (Wildman–Crippen MR) is 61.0 cm³/mol. The topological polar surface area (TPSA) is 76.3 Å². The molecule has 0 fully saturated rings. The molecular formula is C8H9BrN2O3S. The molecule has 0 spiro atoms. The van der Waals surface area contributed by atoms with Gasteiger partial charge in [-0.3, -0.25) is 15.1 Å². The van der Waals surface area contributed by atoms with E-state index in [1.807, 2.05) is 0 Å². The monoisotopic (exact) mass is 292 g/mol. The smallest absolute Gasteiger partial charge is 0.302 e. The third kappa shape index (κ3) is 3.15. The normalized spacial score (nSPS) is 12.5. The Balaban J connectivity index is 3.07. The van der Waals surface area contributed by atoms with E-state index in [0.29, 0.717) is 9.37 Å². The van der Waals surface area contributed by atoms with E-state index in [-0.39, 0.29) is 17.5 Å². The Labute approximate surface area is 99.2 Å². The number of halogens is 1. The van der Waals surface area contributed by atoms with Gasteiger partial charge in [0.05, 0.1) is 16.0 Å². The Morgan fingerprint density at radius 2 is 2.40 bits per heavy atom. The average Bonchev–Trinajstić information content (AvgIpc) is 2.20. The lowest BCUT2D eigenvalue weighted by molar-refractivity contribution is -0.388. The first kappa shape index (κ1) is 12.4. The fourth-order valence-corrected chi connectivity index (χ4v) is 2.39. The van der Waals surface area contributed by atoms with Crippen molar-refractivity contribution in [3.05, 3.63) is 27.0 Å². The van der Waals surface area contributed by atoms with E-state index in [1.54, 1.807) is 6.92 Å². The van der Waals surface area contributed by atoms with Crippen LogP contribution >= 0.6 is 27.7 Å². The van der Waals surface area contributed by atoms with E-state index in [2.05, 4.69) is 20.9 Å². The lowest BCUT2D eigenvalue weighted by Gasteiger charge is -2.08. The van der Waals surface area contributed by atoms with Crippen molar-refractivity contribution in [2.75, 3.05) is 6.61 Å². The Morgan fingerprint density at radius 1 is 1.73 bits per heavy atom. The Morgan fingerprint density at radius 3 is 2.93 bits per heavy atom. The van der Waals surface area contributed by atoms with Crippen LogP contribution in [0.4, 0.5) is 5.69 Å². The van der Waals surface area contributed by atoms with Gasteiger partial charge in [-0.15, -0.1) is 11.8 Å². The average molecular weight is 293 g/mol. The molecule has 82 valence electrons. The summed E-state index contributed by atoms with van der Waals surface area (Å²) in [5.74, 6) is 0. The van der Waals surface area contributed by atoms with Gasteiger partial charge in [-0.1, -0.05) is 6.92 Å². The second-order valence-electron chi connectivity index (χ2n) is 2.84. The van der Waals surface area contributed by atoms with E-state index in [4.69, 9.17) is 5.11 Å². The fourth-order valence-electron chi connectivity index (χ4n) is 0.898. The summed E-state index contributed by atoms with van der Waals surface area (Å²) in [7, 11) is 0. The Hall–Kier alpha value is -0.660. The van der Waals surface area contributed by atoms with Crippen molar-refractivity contribution in [2.45, 2.75) is 17.1 Å². The van der Waals surface area contributed by atoms with E-state index in [1.165, 1.54) is 24.2 Å². The summed E-state index contributed by atoms with van der Waals surface area (Å²) in [4.78, 5) is 14.5. The molecule has 0 amide bonds. The van der Waals surface area contributed by atoms with Crippen LogP contribution in [0.3, 0.4) is 0 Å². The van der Waals surface area contributed by atoms with Crippen LogP contribution < -0.4 is 0 Å². The van der Waals surface area contributed by atoms with Crippen molar-refractivity contribution >= 4 is 33.4 Å². The van der Waals surface area contributed by atoms with Gasteiger partial charge in [-0.05, 0) is 15.9 Å². The first-order valence-electron chi connectivity index (χ1n) is 4.11. The molecule has 1 rings (SSSR count). The zero-order valence-corrected chi connectivity index (χ0v) is 10.3. The minimum Gasteiger partial charge on any atom is -0.395 e. The second-order valence-corrected chi connectivity index (χ2v) is 5.14. The standard InChI is InChI=1S/C8H9BrN2O3S/c1-5(4-12)15-8-6(9)2-10-3-7(8)11(13)14/h2-3,5,12H,4H2,1H3. The van der Waals surface area contributed by atoms with Gasteiger partial charge in [0.1, 0.15) is 11.1 Å². The molecule has 0 aliphatic heterocycles. The number of hydrogen-bond acceptors (Lipinski definition) is 5. The Bertz CT molecular complexity index is 375. The van der Waals surface area contributed by atoms with Crippen molar-refractivity contribution in [1.82, 2.24) is 4.98 Å². The summed E-state index contributed by atoms with van der Waals surface area (Å²) in [6.45, 7) is 1.76. The van der Waals surface area contributed by atoms with Crippen LogP contribution in [0.25, 0.3) is 0 Å². The molecule has 0 aliphatic carbocycles. The maximum atomic E-state index is 10.7. The minimum atomic E-state index is -0.482. The third-order valence-corrected chi connectivity index (χ3v) is 3.69. The van der Waals surface area contributed by atoms with Crippen molar-refractivity contribution in [3.8, 4) is 0 Å². The zero-order chi connectivity index (χ0) is 11.4. The van der Waals surface area contributed by atoms with Crippen LogP contribution in [0.1, 0.15) is 6.92 Å². The van der Waals surface area contributed by atoms with Crippen LogP contribution in [0.2, 0.25) is 0 Å². The van der Waals surface area contributed by atoms with Crippen LogP contribution in [0, 0.1) is 10.1 Å². The van der Waals surface area contributed by atoms with Crippen LogP contribution in [-0.4, -0.2) is 26.9 Å². The van der Waals surface area contributed by atoms with Crippen LogP contribution in [0.15, 0.2) is 21.8 Å². The molecule has 1 aromatic rings. The SMILES string of the molecule is CC(CO)Sc1c(Br)cncc1[N+](=O)[O-]. The summed E-state index contributed by atoms with van der Waals surface area (Å²) < 4.78 is 0.571. The molecule has 0 bridgehead atoms. The summed E-state index contributed by atoms with van der Waals surface area (Å²) in [5.41, 5.74) is -0.0466. The van der Waals surface area contributed by atoms with E-state index in [9.17, 15) is 10.1 Å². The first-order valence-corrected chi connectivity index (χ1v) is 5.79. The largest absolute Gasteiger partial charge is 0.395 e. The molecule has 0 radical (unpaired) electrons. The molecule has 1 atom stereocenters. The number of nitrogens with zero attached hydrogens (tertiary/aromatic N) is 2. The quantitative estimate of drug-likeness (QED) is 0.523. The van der Waals surface area contributed by atoms with Crippen molar-refractivity contribution < 1.29 is 10.0 Å². The van der Waals surface area contributed by atoms with Gasteiger partial charge in [-0.2, -0.15) is 0 Å². The van der Waals surface area contributed by atoms with Gasteiger partial charge in [-0.25, -0.2) is 0 Å². The van der Waals surface area contributed by atoms with Crippen molar-refractivity contribution in [1.29, 1.82) is 0 Å². The van der Waals surface area contributed by atoms with Gasteiger partial charge in [0.15, 0.2) is 0 Å². The van der Waals surface area contributed by atoms with E-state index >= 15 is 0 Å².